The molecule has 4 heteroatoms. The van der Waals surface area contributed by atoms with Gasteiger partial charge in [-0.05, 0) is 74.9 Å². The summed E-state index contributed by atoms with van der Waals surface area (Å²) >= 11 is 0. The number of carbonyl (C=O) groups is 2. The normalized spacial score (nSPS) is 19.6. The van der Waals surface area contributed by atoms with Crippen LogP contribution in [0.15, 0.2) is 48.5 Å². The van der Waals surface area contributed by atoms with Crippen LogP contribution < -0.4 is 10.6 Å². The van der Waals surface area contributed by atoms with Gasteiger partial charge in [0.2, 0.25) is 11.8 Å². The molecule has 2 aromatic carbocycles. The molecule has 1 aliphatic carbocycles. The maximum Gasteiger partial charge on any atom is 0.227 e. The van der Waals surface area contributed by atoms with Crippen molar-refractivity contribution in [3.63, 3.8) is 0 Å². The summed E-state index contributed by atoms with van der Waals surface area (Å²) in [6, 6.07) is 15.5. The van der Waals surface area contributed by atoms with Gasteiger partial charge in [-0.25, -0.2) is 0 Å². The van der Waals surface area contributed by atoms with Gasteiger partial charge in [-0.2, -0.15) is 0 Å². The summed E-state index contributed by atoms with van der Waals surface area (Å²) in [6.07, 6.45) is 3.01. The van der Waals surface area contributed by atoms with Crippen LogP contribution in [0.1, 0.15) is 36.8 Å². The number of benzene rings is 2. The Balaban J connectivity index is 1.50. The zero-order valence-electron chi connectivity index (χ0n) is 15.4. The van der Waals surface area contributed by atoms with E-state index in [0.29, 0.717) is 0 Å². The van der Waals surface area contributed by atoms with Gasteiger partial charge in [-0.3, -0.25) is 9.59 Å². The van der Waals surface area contributed by atoms with E-state index >= 15 is 0 Å². The first kappa shape index (κ1) is 18.2. The van der Waals surface area contributed by atoms with E-state index in [-0.39, 0.29) is 23.7 Å². The fourth-order valence-electron chi connectivity index (χ4n) is 3.45. The Kier molecular flexibility index (Phi) is 5.71. The SMILES string of the molecule is Cc1ccc(NC(=O)C2CCC(C(=O)Nc3ccccc3)CC2)cc1C. The first-order valence-electron chi connectivity index (χ1n) is 9.27. The Bertz CT molecular complexity index is 778. The molecule has 0 atom stereocenters. The predicted octanol–water partition coefficient (Wildman–Crippen LogP) is 4.69. The van der Waals surface area contributed by atoms with Crippen LogP contribution in [0.25, 0.3) is 0 Å². The number of anilines is 2. The van der Waals surface area contributed by atoms with E-state index in [1.54, 1.807) is 0 Å². The van der Waals surface area contributed by atoms with Crippen LogP contribution in [0.4, 0.5) is 11.4 Å². The van der Waals surface area contributed by atoms with Gasteiger partial charge in [0.25, 0.3) is 0 Å². The quantitative estimate of drug-likeness (QED) is 0.840. The molecule has 0 unspecified atom stereocenters. The lowest BCUT2D eigenvalue weighted by molar-refractivity contribution is -0.125. The predicted molar refractivity (Wildman–Crippen MR) is 105 cm³/mol. The van der Waals surface area contributed by atoms with E-state index in [1.807, 2.05) is 55.5 Å². The summed E-state index contributed by atoms with van der Waals surface area (Å²) in [6.45, 7) is 4.10. The second kappa shape index (κ2) is 8.17. The maximum atomic E-state index is 12.5. The van der Waals surface area contributed by atoms with Gasteiger partial charge in [-0.1, -0.05) is 24.3 Å². The Labute approximate surface area is 155 Å². The first-order valence-corrected chi connectivity index (χ1v) is 9.27. The maximum absolute atomic E-state index is 12.5. The Morgan fingerprint density at radius 2 is 1.27 bits per heavy atom. The average molecular weight is 350 g/mol. The highest BCUT2D eigenvalue weighted by Crippen LogP contribution is 2.30. The Hall–Kier alpha value is -2.62. The van der Waals surface area contributed by atoms with Gasteiger partial charge in [0, 0.05) is 23.2 Å². The number of aryl methyl sites for hydroxylation is 2. The summed E-state index contributed by atoms with van der Waals surface area (Å²) in [7, 11) is 0. The highest BCUT2D eigenvalue weighted by molar-refractivity contribution is 5.94. The lowest BCUT2D eigenvalue weighted by Gasteiger charge is -2.27. The molecule has 1 fully saturated rings. The highest BCUT2D eigenvalue weighted by Gasteiger charge is 2.30. The minimum atomic E-state index is -0.0163. The number of para-hydroxylation sites is 1. The summed E-state index contributed by atoms with van der Waals surface area (Å²) in [5, 5.41) is 5.99. The van der Waals surface area contributed by atoms with E-state index in [0.717, 1.165) is 37.1 Å². The molecule has 4 nitrogen and oxygen atoms in total. The molecule has 3 rings (SSSR count). The van der Waals surface area contributed by atoms with Crippen LogP contribution in [0.2, 0.25) is 0 Å². The second-order valence-electron chi connectivity index (χ2n) is 7.19. The minimum absolute atomic E-state index is 0.0131. The van der Waals surface area contributed by atoms with Crippen molar-refractivity contribution in [3.05, 3.63) is 59.7 Å². The summed E-state index contributed by atoms with van der Waals surface area (Å²) in [4.78, 5) is 24.9. The first-order chi connectivity index (χ1) is 12.5. The van der Waals surface area contributed by atoms with Gasteiger partial charge in [0.1, 0.15) is 0 Å². The molecule has 1 aliphatic rings. The van der Waals surface area contributed by atoms with Gasteiger partial charge in [0.15, 0.2) is 0 Å². The van der Waals surface area contributed by atoms with Gasteiger partial charge >= 0.3 is 0 Å². The van der Waals surface area contributed by atoms with Crippen LogP contribution in [0.5, 0.6) is 0 Å². The molecule has 26 heavy (non-hydrogen) atoms. The van der Waals surface area contributed by atoms with Crippen LogP contribution in [-0.2, 0) is 9.59 Å². The Morgan fingerprint density at radius 1 is 0.731 bits per heavy atom. The molecule has 0 radical (unpaired) electrons. The van der Waals surface area contributed by atoms with Crippen molar-refractivity contribution >= 4 is 23.2 Å². The summed E-state index contributed by atoms with van der Waals surface area (Å²) < 4.78 is 0. The molecule has 0 saturated heterocycles. The number of carbonyl (C=O) groups excluding carboxylic acids is 2. The van der Waals surface area contributed by atoms with Crippen LogP contribution in [-0.4, -0.2) is 11.8 Å². The van der Waals surface area contributed by atoms with Crippen molar-refractivity contribution < 1.29 is 9.59 Å². The highest BCUT2D eigenvalue weighted by atomic mass is 16.2. The number of nitrogens with one attached hydrogen (secondary N) is 2. The van der Waals surface area contributed by atoms with Crippen molar-refractivity contribution in [2.75, 3.05) is 10.6 Å². The molecule has 0 bridgehead atoms. The number of hydrogen-bond donors (Lipinski definition) is 2. The van der Waals surface area contributed by atoms with Crippen LogP contribution >= 0.6 is 0 Å². The third kappa shape index (κ3) is 4.51. The molecule has 0 heterocycles. The molecule has 0 aromatic heterocycles. The van der Waals surface area contributed by atoms with Crippen LogP contribution in [0.3, 0.4) is 0 Å². The molecule has 0 spiro atoms. The molecule has 2 N–H and O–H groups in total. The Morgan fingerprint density at radius 3 is 1.81 bits per heavy atom. The summed E-state index contributed by atoms with van der Waals surface area (Å²) in [5.41, 5.74) is 4.06. The number of rotatable bonds is 4. The van der Waals surface area contributed by atoms with E-state index in [2.05, 4.69) is 17.6 Å². The van der Waals surface area contributed by atoms with Gasteiger partial charge in [0.05, 0.1) is 0 Å². The number of amides is 2. The van der Waals surface area contributed by atoms with Gasteiger partial charge < -0.3 is 10.6 Å². The second-order valence-corrected chi connectivity index (χ2v) is 7.19. The molecule has 2 amide bonds. The summed E-state index contributed by atoms with van der Waals surface area (Å²) in [5.74, 6) is 0.0950. The molecule has 136 valence electrons. The topological polar surface area (TPSA) is 58.2 Å². The van der Waals surface area contributed by atoms with Crippen LogP contribution in [0, 0.1) is 25.7 Å². The van der Waals surface area contributed by atoms with E-state index < -0.39 is 0 Å². The standard InChI is InChI=1S/C22H26N2O2/c1-15-8-13-20(14-16(15)2)24-22(26)18-11-9-17(10-12-18)21(25)23-19-6-4-3-5-7-19/h3-8,13-14,17-18H,9-12H2,1-2H3,(H,23,25)(H,24,26). The molecular weight excluding hydrogens is 324 g/mol. The lowest BCUT2D eigenvalue weighted by Crippen LogP contribution is -2.32. The number of hydrogen-bond acceptors (Lipinski definition) is 2. The van der Waals surface area contributed by atoms with Crippen molar-refractivity contribution in [2.45, 2.75) is 39.5 Å². The van der Waals surface area contributed by atoms with Crippen molar-refractivity contribution in [1.29, 1.82) is 0 Å². The monoisotopic (exact) mass is 350 g/mol. The van der Waals surface area contributed by atoms with Crippen molar-refractivity contribution in [3.8, 4) is 0 Å². The molecule has 1 saturated carbocycles. The van der Waals surface area contributed by atoms with E-state index in [1.165, 1.54) is 11.1 Å². The molecule has 0 aliphatic heterocycles. The zero-order valence-corrected chi connectivity index (χ0v) is 15.4. The fraction of sp³-hybridized carbons (Fsp3) is 0.364. The lowest BCUT2D eigenvalue weighted by atomic mass is 9.81. The van der Waals surface area contributed by atoms with Crippen molar-refractivity contribution in [2.24, 2.45) is 11.8 Å². The smallest absolute Gasteiger partial charge is 0.227 e. The fourth-order valence-corrected chi connectivity index (χ4v) is 3.45. The van der Waals surface area contributed by atoms with E-state index in [4.69, 9.17) is 0 Å². The van der Waals surface area contributed by atoms with E-state index in [9.17, 15) is 9.59 Å². The zero-order chi connectivity index (χ0) is 18.5. The third-order valence-electron chi connectivity index (χ3n) is 5.28. The van der Waals surface area contributed by atoms with Crippen molar-refractivity contribution in [1.82, 2.24) is 0 Å². The molecule has 2 aromatic rings. The largest absolute Gasteiger partial charge is 0.326 e. The average Bonchev–Trinajstić information content (AvgIpc) is 2.65. The molecular formula is C22H26N2O2. The van der Waals surface area contributed by atoms with Gasteiger partial charge in [-0.15, -0.1) is 0 Å². The minimum Gasteiger partial charge on any atom is -0.326 e. The third-order valence-corrected chi connectivity index (χ3v) is 5.28.